The van der Waals surface area contributed by atoms with Crippen LogP contribution in [-0.2, 0) is 6.42 Å². The quantitative estimate of drug-likeness (QED) is 0.508. The zero-order valence-electron chi connectivity index (χ0n) is 8.53. The number of hydrogen-bond donors (Lipinski definition) is 3. The average Bonchev–Trinajstić information content (AvgIpc) is 2.23. The Labute approximate surface area is 89.4 Å². The molecule has 0 saturated heterocycles. The molecule has 1 aromatic carbocycles. The summed E-state index contributed by atoms with van der Waals surface area (Å²) in [6.45, 7) is 8.01. The molecule has 0 bridgehead atoms. The Hall–Kier alpha value is -1.90. The van der Waals surface area contributed by atoms with Gasteiger partial charge in [-0.3, -0.25) is 0 Å². The Kier molecular flexibility index (Phi) is 3.80. The molecule has 3 nitrogen and oxygen atoms in total. The summed E-state index contributed by atoms with van der Waals surface area (Å²) < 4.78 is 0. The highest BCUT2D eigenvalue weighted by Gasteiger charge is 2.00. The van der Waals surface area contributed by atoms with Crippen LogP contribution in [0.5, 0.6) is 11.5 Å². The summed E-state index contributed by atoms with van der Waals surface area (Å²) in [6, 6.07) is 4.80. The van der Waals surface area contributed by atoms with E-state index in [0.717, 1.165) is 24.2 Å². The molecule has 80 valence electrons. The first-order valence-electron chi connectivity index (χ1n) is 4.69. The van der Waals surface area contributed by atoms with E-state index in [-0.39, 0.29) is 11.5 Å². The molecular formula is C12H15NO2. The van der Waals surface area contributed by atoms with Crippen molar-refractivity contribution < 1.29 is 10.2 Å². The van der Waals surface area contributed by atoms with E-state index in [0.29, 0.717) is 0 Å². The number of rotatable bonds is 5. The molecule has 0 fully saturated rings. The average molecular weight is 205 g/mol. The van der Waals surface area contributed by atoms with Gasteiger partial charge < -0.3 is 15.5 Å². The van der Waals surface area contributed by atoms with Crippen LogP contribution < -0.4 is 5.32 Å². The number of nitrogens with one attached hydrogen (secondary N) is 1. The summed E-state index contributed by atoms with van der Waals surface area (Å²) in [7, 11) is 0. The predicted molar refractivity (Wildman–Crippen MR) is 60.8 cm³/mol. The summed E-state index contributed by atoms with van der Waals surface area (Å²) in [5.41, 5.74) is 1.73. The summed E-state index contributed by atoms with van der Waals surface area (Å²) in [5.74, 6) is -0.183. The number of hydrogen-bond acceptors (Lipinski definition) is 3. The van der Waals surface area contributed by atoms with E-state index in [1.54, 1.807) is 18.2 Å². The van der Waals surface area contributed by atoms with Crippen LogP contribution >= 0.6 is 0 Å². The van der Waals surface area contributed by atoms with Crippen molar-refractivity contribution in [1.82, 2.24) is 5.32 Å². The van der Waals surface area contributed by atoms with E-state index in [4.69, 9.17) is 5.11 Å². The molecule has 0 unspecified atom stereocenters. The molecule has 1 rings (SSSR count). The van der Waals surface area contributed by atoms with Crippen LogP contribution in [0.2, 0.25) is 0 Å². The van der Waals surface area contributed by atoms with Crippen LogP contribution in [0.15, 0.2) is 43.1 Å². The number of allylic oxidation sites excluding steroid dienone is 1. The molecule has 1 aromatic rings. The summed E-state index contributed by atoms with van der Waals surface area (Å²) in [6.07, 6.45) is 2.40. The molecule has 0 saturated carbocycles. The maximum Gasteiger partial charge on any atom is 0.157 e. The molecule has 0 atom stereocenters. The smallest absolute Gasteiger partial charge is 0.157 e. The molecule has 3 heteroatoms. The number of benzene rings is 1. The summed E-state index contributed by atoms with van der Waals surface area (Å²) >= 11 is 0. The van der Waals surface area contributed by atoms with Gasteiger partial charge in [0, 0.05) is 12.2 Å². The zero-order valence-corrected chi connectivity index (χ0v) is 8.53. The molecule has 3 N–H and O–H groups in total. The molecule has 0 aromatic heterocycles. The van der Waals surface area contributed by atoms with Gasteiger partial charge in [-0.1, -0.05) is 19.2 Å². The highest BCUT2D eigenvalue weighted by Crippen LogP contribution is 2.24. The van der Waals surface area contributed by atoms with Gasteiger partial charge in [-0.05, 0) is 30.2 Å². The zero-order chi connectivity index (χ0) is 11.3. The summed E-state index contributed by atoms with van der Waals surface area (Å²) in [4.78, 5) is 0. The van der Waals surface area contributed by atoms with Crippen LogP contribution in [0.4, 0.5) is 0 Å². The SMILES string of the molecule is C=CC(=C)NCCc1ccc(O)c(O)c1. The normalized spacial score (nSPS) is 9.60. The fourth-order valence-corrected chi connectivity index (χ4v) is 1.16. The van der Waals surface area contributed by atoms with Crippen molar-refractivity contribution in [1.29, 1.82) is 0 Å². The van der Waals surface area contributed by atoms with Crippen LogP contribution in [0.25, 0.3) is 0 Å². The second-order valence-electron chi connectivity index (χ2n) is 3.23. The Morgan fingerprint density at radius 3 is 2.67 bits per heavy atom. The molecular weight excluding hydrogens is 190 g/mol. The lowest BCUT2D eigenvalue weighted by Crippen LogP contribution is -2.14. The highest BCUT2D eigenvalue weighted by molar-refractivity contribution is 5.40. The Balaban J connectivity index is 2.48. The Morgan fingerprint density at radius 2 is 2.07 bits per heavy atom. The van der Waals surface area contributed by atoms with Crippen LogP contribution in [0.3, 0.4) is 0 Å². The predicted octanol–water partition coefficient (Wildman–Crippen LogP) is 1.93. The van der Waals surface area contributed by atoms with Gasteiger partial charge in [0.15, 0.2) is 11.5 Å². The van der Waals surface area contributed by atoms with Crippen molar-refractivity contribution in [3.05, 3.63) is 48.7 Å². The molecule has 0 aliphatic rings. The van der Waals surface area contributed by atoms with Crippen molar-refractivity contribution in [3.63, 3.8) is 0 Å². The molecule has 15 heavy (non-hydrogen) atoms. The van der Waals surface area contributed by atoms with Crippen molar-refractivity contribution in [3.8, 4) is 11.5 Å². The topological polar surface area (TPSA) is 52.5 Å². The van der Waals surface area contributed by atoms with Crippen LogP contribution in [0.1, 0.15) is 5.56 Å². The largest absolute Gasteiger partial charge is 0.504 e. The fourth-order valence-electron chi connectivity index (χ4n) is 1.16. The van der Waals surface area contributed by atoms with Crippen molar-refractivity contribution in [2.45, 2.75) is 6.42 Å². The van der Waals surface area contributed by atoms with E-state index >= 15 is 0 Å². The lowest BCUT2D eigenvalue weighted by atomic mass is 10.1. The van der Waals surface area contributed by atoms with Gasteiger partial charge in [0.05, 0.1) is 0 Å². The Morgan fingerprint density at radius 1 is 1.33 bits per heavy atom. The van der Waals surface area contributed by atoms with E-state index in [1.165, 1.54) is 6.07 Å². The lowest BCUT2D eigenvalue weighted by molar-refractivity contribution is 0.403. The van der Waals surface area contributed by atoms with Crippen molar-refractivity contribution >= 4 is 0 Å². The second kappa shape index (κ2) is 5.10. The van der Waals surface area contributed by atoms with Gasteiger partial charge in [-0.2, -0.15) is 0 Å². The van der Waals surface area contributed by atoms with Crippen molar-refractivity contribution in [2.75, 3.05) is 6.54 Å². The second-order valence-corrected chi connectivity index (χ2v) is 3.23. The third-order valence-electron chi connectivity index (χ3n) is 2.05. The molecule has 0 heterocycles. The van der Waals surface area contributed by atoms with Gasteiger partial charge in [0.25, 0.3) is 0 Å². The lowest BCUT2D eigenvalue weighted by Gasteiger charge is -2.06. The number of phenolic OH excluding ortho intramolecular Hbond substituents is 2. The third-order valence-corrected chi connectivity index (χ3v) is 2.05. The minimum atomic E-state index is -0.0952. The number of phenols is 2. The highest BCUT2D eigenvalue weighted by atomic mass is 16.3. The monoisotopic (exact) mass is 205 g/mol. The van der Waals surface area contributed by atoms with Gasteiger partial charge in [0.1, 0.15) is 0 Å². The fraction of sp³-hybridized carbons (Fsp3) is 0.167. The Bertz CT molecular complexity index is 372. The van der Waals surface area contributed by atoms with Crippen molar-refractivity contribution in [2.24, 2.45) is 0 Å². The van der Waals surface area contributed by atoms with E-state index in [9.17, 15) is 5.11 Å². The van der Waals surface area contributed by atoms with Crippen LogP contribution in [-0.4, -0.2) is 16.8 Å². The molecule has 0 aliphatic carbocycles. The van der Waals surface area contributed by atoms with Gasteiger partial charge >= 0.3 is 0 Å². The molecule has 0 aliphatic heterocycles. The van der Waals surface area contributed by atoms with E-state index in [1.807, 2.05) is 0 Å². The molecule has 0 radical (unpaired) electrons. The maximum atomic E-state index is 9.25. The van der Waals surface area contributed by atoms with E-state index in [2.05, 4.69) is 18.5 Å². The maximum absolute atomic E-state index is 9.25. The van der Waals surface area contributed by atoms with Gasteiger partial charge in [0.2, 0.25) is 0 Å². The summed E-state index contributed by atoms with van der Waals surface area (Å²) in [5, 5.41) is 21.4. The van der Waals surface area contributed by atoms with Crippen LogP contribution in [0, 0.1) is 0 Å². The minimum Gasteiger partial charge on any atom is -0.504 e. The number of aromatic hydroxyl groups is 2. The van der Waals surface area contributed by atoms with E-state index < -0.39 is 0 Å². The minimum absolute atomic E-state index is 0.0879. The standard InChI is InChI=1S/C12H15NO2/c1-3-9(2)13-7-6-10-4-5-11(14)12(15)8-10/h3-5,8,13-15H,1-2,6-7H2. The first-order chi connectivity index (χ1) is 7.13. The molecule has 0 amide bonds. The first-order valence-corrected chi connectivity index (χ1v) is 4.69. The van der Waals surface area contributed by atoms with Gasteiger partial charge in [-0.25, -0.2) is 0 Å². The first kappa shape index (κ1) is 11.2. The third kappa shape index (κ3) is 3.38. The van der Waals surface area contributed by atoms with Gasteiger partial charge in [-0.15, -0.1) is 0 Å². The molecule has 0 spiro atoms.